The van der Waals surface area contributed by atoms with E-state index in [4.69, 9.17) is 0 Å². The summed E-state index contributed by atoms with van der Waals surface area (Å²) in [7, 11) is -3.67. The minimum atomic E-state index is -3.67. The van der Waals surface area contributed by atoms with Crippen LogP contribution in [-0.4, -0.2) is 38.2 Å². The highest BCUT2D eigenvalue weighted by Gasteiger charge is 2.35. The van der Waals surface area contributed by atoms with Gasteiger partial charge in [-0.3, -0.25) is 14.4 Å². The molecule has 3 N–H and O–H groups in total. The Kier molecular flexibility index (Phi) is 6.89. The second-order valence-electron chi connectivity index (χ2n) is 9.00. The van der Waals surface area contributed by atoms with Crippen molar-refractivity contribution in [2.45, 2.75) is 44.6 Å². The molecule has 0 aromatic heterocycles. The molecule has 3 amide bonds. The molecule has 1 fully saturated rings. The average Bonchev–Trinajstić information content (AvgIpc) is 3.08. The molecule has 1 atom stereocenters. The van der Waals surface area contributed by atoms with Crippen molar-refractivity contribution in [3.63, 3.8) is 0 Å². The Morgan fingerprint density at radius 1 is 0.939 bits per heavy atom. The molecule has 1 aliphatic rings. The van der Waals surface area contributed by atoms with Gasteiger partial charge < -0.3 is 15.5 Å². The number of carbonyl (C=O) groups is 3. The molecule has 9 nitrogen and oxygen atoms in total. The summed E-state index contributed by atoms with van der Waals surface area (Å²) in [5.41, 5.74) is 1.09. The minimum absolute atomic E-state index is 0.0707. The van der Waals surface area contributed by atoms with Crippen LogP contribution in [0, 0.1) is 5.92 Å². The van der Waals surface area contributed by atoms with Gasteiger partial charge in [0.05, 0.1) is 10.8 Å². The Morgan fingerprint density at radius 2 is 1.48 bits per heavy atom. The molecular weight excluding hydrogens is 444 g/mol. The Labute approximate surface area is 193 Å². The van der Waals surface area contributed by atoms with E-state index in [1.54, 1.807) is 45.0 Å². The molecule has 1 heterocycles. The molecule has 0 radical (unpaired) electrons. The smallest absolute Gasteiger partial charge is 0.241 e. The molecule has 2 aromatic carbocycles. The molecule has 3 rings (SSSR count). The topological polar surface area (TPSA) is 125 Å². The third-order valence-corrected chi connectivity index (χ3v) is 6.64. The molecule has 0 saturated carbocycles. The van der Waals surface area contributed by atoms with Gasteiger partial charge >= 0.3 is 0 Å². The van der Waals surface area contributed by atoms with Gasteiger partial charge in [0.1, 0.15) is 0 Å². The van der Waals surface area contributed by atoms with Crippen molar-refractivity contribution in [2.75, 3.05) is 22.1 Å². The summed E-state index contributed by atoms with van der Waals surface area (Å²) in [4.78, 5) is 38.0. The lowest BCUT2D eigenvalue weighted by molar-refractivity contribution is -0.122. The molecule has 1 saturated heterocycles. The van der Waals surface area contributed by atoms with Crippen LogP contribution in [0.4, 0.5) is 17.1 Å². The van der Waals surface area contributed by atoms with Gasteiger partial charge in [-0.25, -0.2) is 13.1 Å². The molecule has 2 aromatic rings. The Balaban J connectivity index is 1.63. The van der Waals surface area contributed by atoms with Gasteiger partial charge in [-0.05, 0) is 69.3 Å². The highest BCUT2D eigenvalue weighted by Crippen LogP contribution is 2.27. The number of nitrogens with one attached hydrogen (secondary N) is 3. The van der Waals surface area contributed by atoms with Crippen molar-refractivity contribution in [1.29, 1.82) is 0 Å². The number of amides is 3. The largest absolute Gasteiger partial charge is 0.326 e. The van der Waals surface area contributed by atoms with Crippen LogP contribution in [0.2, 0.25) is 0 Å². The van der Waals surface area contributed by atoms with E-state index in [2.05, 4.69) is 15.4 Å². The first-order valence-electron chi connectivity index (χ1n) is 10.5. The van der Waals surface area contributed by atoms with E-state index in [0.29, 0.717) is 17.1 Å². The molecule has 0 spiro atoms. The van der Waals surface area contributed by atoms with Gasteiger partial charge in [-0.2, -0.15) is 0 Å². The summed E-state index contributed by atoms with van der Waals surface area (Å²) in [6, 6.07) is 12.7. The lowest BCUT2D eigenvalue weighted by Gasteiger charge is -2.20. The lowest BCUT2D eigenvalue weighted by Crippen LogP contribution is -2.40. The van der Waals surface area contributed by atoms with Crippen LogP contribution in [-0.2, 0) is 24.4 Å². The number of hydrogen-bond donors (Lipinski definition) is 3. The number of anilines is 3. The normalized spacial score (nSPS) is 16.5. The van der Waals surface area contributed by atoms with E-state index in [1.807, 2.05) is 0 Å². The fourth-order valence-corrected chi connectivity index (χ4v) is 4.90. The molecular formula is C23H28N4O5S. The van der Waals surface area contributed by atoms with Crippen LogP contribution in [0.1, 0.15) is 34.1 Å². The predicted molar refractivity (Wildman–Crippen MR) is 126 cm³/mol. The average molecular weight is 473 g/mol. The molecule has 33 heavy (non-hydrogen) atoms. The van der Waals surface area contributed by atoms with Crippen LogP contribution in [0.3, 0.4) is 0 Å². The minimum Gasteiger partial charge on any atom is -0.326 e. The van der Waals surface area contributed by atoms with E-state index in [0.717, 1.165) is 0 Å². The van der Waals surface area contributed by atoms with Gasteiger partial charge in [0.2, 0.25) is 27.7 Å². The van der Waals surface area contributed by atoms with Crippen molar-refractivity contribution in [1.82, 2.24) is 4.72 Å². The van der Waals surface area contributed by atoms with Crippen molar-refractivity contribution in [2.24, 2.45) is 5.92 Å². The first-order valence-corrected chi connectivity index (χ1v) is 12.0. The second kappa shape index (κ2) is 9.32. The lowest BCUT2D eigenvalue weighted by atomic mass is 10.1. The van der Waals surface area contributed by atoms with E-state index < -0.39 is 21.5 Å². The summed E-state index contributed by atoms with van der Waals surface area (Å²) in [5, 5.41) is 5.42. The van der Waals surface area contributed by atoms with Crippen LogP contribution in [0.25, 0.3) is 0 Å². The second-order valence-corrected chi connectivity index (χ2v) is 10.7. The Hall–Kier alpha value is -3.24. The number of sulfonamides is 1. The standard InChI is InChI=1S/C23H28N4O5S/c1-15(28)24-17-5-9-19(10-6-17)27-14-16(13-21(27)29)22(30)25-18-7-11-20(12-8-18)33(31,32)26-23(2,3)4/h5-12,16,26H,13-14H2,1-4H3,(H,24,28)(H,25,30). The van der Waals surface area contributed by atoms with E-state index in [-0.39, 0.29) is 35.6 Å². The summed E-state index contributed by atoms with van der Waals surface area (Å²) in [6.45, 7) is 6.90. The third kappa shape index (κ3) is 6.39. The highest BCUT2D eigenvalue weighted by atomic mass is 32.2. The zero-order chi connectivity index (χ0) is 24.4. The van der Waals surface area contributed by atoms with E-state index in [9.17, 15) is 22.8 Å². The fraction of sp³-hybridized carbons (Fsp3) is 0.348. The molecule has 0 bridgehead atoms. The quantitative estimate of drug-likeness (QED) is 0.596. The number of rotatable bonds is 6. The van der Waals surface area contributed by atoms with Gasteiger partial charge in [-0.15, -0.1) is 0 Å². The maximum Gasteiger partial charge on any atom is 0.241 e. The zero-order valence-electron chi connectivity index (χ0n) is 19.0. The van der Waals surface area contributed by atoms with Gasteiger partial charge in [0.25, 0.3) is 0 Å². The number of benzene rings is 2. The number of hydrogen-bond acceptors (Lipinski definition) is 5. The van der Waals surface area contributed by atoms with E-state index >= 15 is 0 Å². The van der Waals surface area contributed by atoms with Crippen molar-refractivity contribution in [3.05, 3.63) is 48.5 Å². The van der Waals surface area contributed by atoms with Crippen LogP contribution >= 0.6 is 0 Å². The molecule has 0 aliphatic carbocycles. The Bertz CT molecular complexity index is 1150. The third-order valence-electron chi connectivity index (χ3n) is 4.87. The van der Waals surface area contributed by atoms with Crippen LogP contribution in [0.5, 0.6) is 0 Å². The number of carbonyl (C=O) groups excluding carboxylic acids is 3. The summed E-state index contributed by atoms with van der Waals surface area (Å²) >= 11 is 0. The van der Waals surface area contributed by atoms with Gasteiger partial charge in [-0.1, -0.05) is 0 Å². The van der Waals surface area contributed by atoms with Gasteiger partial charge in [0.15, 0.2) is 0 Å². The fourth-order valence-electron chi connectivity index (χ4n) is 3.48. The predicted octanol–water partition coefficient (Wildman–Crippen LogP) is 2.71. The zero-order valence-corrected chi connectivity index (χ0v) is 19.8. The van der Waals surface area contributed by atoms with Crippen molar-refractivity contribution >= 4 is 44.8 Å². The maximum absolute atomic E-state index is 12.7. The monoisotopic (exact) mass is 472 g/mol. The Morgan fingerprint density at radius 3 is 2.03 bits per heavy atom. The maximum atomic E-state index is 12.7. The SMILES string of the molecule is CC(=O)Nc1ccc(N2CC(C(=O)Nc3ccc(S(=O)(=O)NC(C)(C)C)cc3)CC2=O)cc1. The highest BCUT2D eigenvalue weighted by molar-refractivity contribution is 7.89. The van der Waals surface area contributed by atoms with Crippen molar-refractivity contribution in [3.8, 4) is 0 Å². The molecule has 1 aliphatic heterocycles. The van der Waals surface area contributed by atoms with E-state index in [1.165, 1.54) is 36.1 Å². The molecule has 176 valence electrons. The summed E-state index contributed by atoms with van der Waals surface area (Å²) < 4.78 is 27.4. The molecule has 10 heteroatoms. The van der Waals surface area contributed by atoms with Crippen LogP contribution < -0.4 is 20.3 Å². The molecule has 1 unspecified atom stereocenters. The van der Waals surface area contributed by atoms with Crippen molar-refractivity contribution < 1.29 is 22.8 Å². The summed E-state index contributed by atoms with van der Waals surface area (Å²) in [5.74, 6) is -1.22. The number of nitrogens with zero attached hydrogens (tertiary/aromatic N) is 1. The van der Waals surface area contributed by atoms with Crippen LogP contribution in [0.15, 0.2) is 53.4 Å². The summed E-state index contributed by atoms with van der Waals surface area (Å²) in [6.07, 6.45) is 0.0707. The first-order chi connectivity index (χ1) is 15.3. The van der Waals surface area contributed by atoms with Gasteiger partial charge in [0, 0.05) is 42.5 Å². The first kappa shape index (κ1) is 24.4.